The number of aromatic nitrogens is 1. The van der Waals surface area contributed by atoms with Gasteiger partial charge in [-0.15, -0.1) is 11.3 Å². The summed E-state index contributed by atoms with van der Waals surface area (Å²) in [4.78, 5) is 20.6. The molecule has 1 atom stereocenters. The van der Waals surface area contributed by atoms with Gasteiger partial charge < -0.3 is 14.4 Å². The number of halogens is 1. The van der Waals surface area contributed by atoms with Crippen LogP contribution in [0.4, 0.5) is 0 Å². The molecule has 7 heteroatoms. The molecule has 0 bridgehead atoms. The minimum Gasteiger partial charge on any atom is -0.493 e. The topological polar surface area (TPSA) is 51.7 Å². The van der Waals surface area contributed by atoms with Gasteiger partial charge in [-0.2, -0.15) is 0 Å². The fourth-order valence-corrected chi connectivity index (χ4v) is 5.79. The zero-order valence-electron chi connectivity index (χ0n) is 17.4. The maximum Gasteiger partial charge on any atom is 0.264 e. The molecule has 1 unspecified atom stereocenters. The molecule has 2 aromatic carbocycles. The maximum absolute atomic E-state index is 13.5. The highest BCUT2D eigenvalue weighted by Crippen LogP contribution is 2.40. The van der Waals surface area contributed by atoms with E-state index in [0.717, 1.165) is 33.0 Å². The van der Waals surface area contributed by atoms with Crippen molar-refractivity contribution in [3.63, 3.8) is 0 Å². The first-order valence-electron chi connectivity index (χ1n) is 10.1. The number of nitrogens with zero attached hydrogens (tertiary/aromatic N) is 2. The van der Waals surface area contributed by atoms with Crippen molar-refractivity contribution >= 4 is 49.8 Å². The van der Waals surface area contributed by atoms with Gasteiger partial charge in [0.2, 0.25) is 0 Å². The molecular weight excluding hydrogens is 432 g/mol. The van der Waals surface area contributed by atoms with Crippen LogP contribution in [0.3, 0.4) is 0 Å². The molecule has 5 nitrogen and oxygen atoms in total. The van der Waals surface area contributed by atoms with Crippen LogP contribution in [0.1, 0.15) is 33.8 Å². The van der Waals surface area contributed by atoms with E-state index in [0.29, 0.717) is 28.1 Å². The lowest BCUT2D eigenvalue weighted by molar-refractivity contribution is 0.0682. The number of methoxy groups -OCH3 is 2. The van der Waals surface area contributed by atoms with Gasteiger partial charge in [-0.05, 0) is 48.7 Å². The van der Waals surface area contributed by atoms with Gasteiger partial charge >= 0.3 is 0 Å². The van der Waals surface area contributed by atoms with Crippen molar-refractivity contribution in [3.8, 4) is 11.5 Å². The van der Waals surface area contributed by atoms with Crippen LogP contribution in [0.25, 0.3) is 21.0 Å². The molecule has 2 aromatic heterocycles. The predicted octanol–water partition coefficient (Wildman–Crippen LogP) is 5.88. The summed E-state index contributed by atoms with van der Waals surface area (Å²) >= 11 is 7.92. The molecule has 4 aromatic rings. The van der Waals surface area contributed by atoms with E-state index in [-0.39, 0.29) is 11.9 Å². The lowest BCUT2D eigenvalue weighted by Crippen LogP contribution is -2.38. The number of rotatable bonds is 3. The summed E-state index contributed by atoms with van der Waals surface area (Å²) in [6.45, 7) is 2.70. The average molecular weight is 453 g/mol. The molecule has 0 N–H and O–H groups in total. The number of carbonyl (C=O) groups is 1. The number of hydrogen-bond donors (Lipinski definition) is 0. The van der Waals surface area contributed by atoms with E-state index in [9.17, 15) is 4.79 Å². The van der Waals surface area contributed by atoms with Gasteiger partial charge in [0.15, 0.2) is 11.5 Å². The van der Waals surface area contributed by atoms with Gasteiger partial charge in [0, 0.05) is 22.0 Å². The summed E-state index contributed by atoms with van der Waals surface area (Å²) in [5.41, 5.74) is 3.11. The summed E-state index contributed by atoms with van der Waals surface area (Å²) in [6, 6.07) is 13.7. The maximum atomic E-state index is 13.5. The Hall–Kier alpha value is -2.83. The van der Waals surface area contributed by atoms with Crippen LogP contribution < -0.4 is 9.47 Å². The number of pyridine rings is 1. The quantitative estimate of drug-likeness (QED) is 0.364. The minimum atomic E-state index is -0.0772. The number of amides is 1. The normalized spacial score (nSPS) is 15.9. The molecule has 158 valence electrons. The number of carbonyl (C=O) groups excluding carboxylic acids is 1. The lowest BCUT2D eigenvalue weighted by atomic mass is 9.92. The molecule has 1 amide bonds. The van der Waals surface area contributed by atoms with Gasteiger partial charge in [0.25, 0.3) is 5.91 Å². The second kappa shape index (κ2) is 7.70. The van der Waals surface area contributed by atoms with Gasteiger partial charge in [-0.3, -0.25) is 4.79 Å². The Morgan fingerprint density at radius 2 is 1.87 bits per heavy atom. The van der Waals surface area contributed by atoms with Crippen LogP contribution in [0.15, 0.2) is 42.5 Å². The average Bonchev–Trinajstić information content (AvgIpc) is 3.25. The standard InChI is InChI=1S/C24H21ClN2O3S/c1-13-16-11-20(30-3)19(29-2)10-14(16)8-9-27(13)24(28)21-12-17-22(31-21)15-6-4-5-7-18(15)26-23(17)25/h4-7,10-13H,8-9H2,1-3H3. The SMILES string of the molecule is COc1cc2c(cc1OC)C(C)N(C(=O)c1cc3c(Cl)nc4ccccc4c3s1)CC2. The van der Waals surface area contributed by atoms with Gasteiger partial charge in [0.05, 0.1) is 30.7 Å². The van der Waals surface area contributed by atoms with E-state index in [1.54, 1.807) is 14.2 Å². The molecule has 0 fully saturated rings. The Kier molecular flexibility index (Phi) is 4.99. The van der Waals surface area contributed by atoms with Gasteiger partial charge in [-0.1, -0.05) is 29.8 Å². The fraction of sp³-hybridized carbons (Fsp3) is 0.250. The Morgan fingerprint density at radius 1 is 1.13 bits per heavy atom. The van der Waals surface area contributed by atoms with Crippen LogP contribution in [-0.4, -0.2) is 36.6 Å². The number of hydrogen-bond acceptors (Lipinski definition) is 5. The number of thiophene rings is 1. The third kappa shape index (κ3) is 3.22. The van der Waals surface area contributed by atoms with E-state index in [1.807, 2.05) is 47.4 Å². The first-order chi connectivity index (χ1) is 15.0. The molecule has 0 saturated heterocycles. The molecule has 1 aliphatic heterocycles. The third-order valence-electron chi connectivity index (χ3n) is 5.98. The lowest BCUT2D eigenvalue weighted by Gasteiger charge is -2.35. The van der Waals surface area contributed by atoms with Crippen molar-refractivity contribution in [2.24, 2.45) is 0 Å². The Morgan fingerprint density at radius 3 is 2.65 bits per heavy atom. The summed E-state index contributed by atoms with van der Waals surface area (Å²) in [7, 11) is 3.26. The molecule has 5 rings (SSSR count). The Labute approximate surface area is 189 Å². The van der Waals surface area contributed by atoms with Crippen molar-refractivity contribution < 1.29 is 14.3 Å². The van der Waals surface area contributed by atoms with E-state index < -0.39 is 0 Å². The van der Waals surface area contributed by atoms with Crippen LogP contribution in [0, 0.1) is 0 Å². The number of fused-ring (bicyclic) bond motifs is 4. The van der Waals surface area contributed by atoms with E-state index in [2.05, 4.69) is 11.9 Å². The Balaban J connectivity index is 1.54. The van der Waals surface area contributed by atoms with E-state index in [1.165, 1.54) is 16.9 Å². The zero-order chi connectivity index (χ0) is 21.7. The molecule has 3 heterocycles. The van der Waals surface area contributed by atoms with Gasteiger partial charge in [-0.25, -0.2) is 4.98 Å². The molecular formula is C24H21ClN2O3S. The van der Waals surface area contributed by atoms with Crippen molar-refractivity contribution in [2.45, 2.75) is 19.4 Å². The molecule has 0 radical (unpaired) electrons. The molecule has 1 aliphatic rings. The summed E-state index contributed by atoms with van der Waals surface area (Å²) in [6.07, 6.45) is 0.766. The number of ether oxygens (including phenoxy) is 2. The molecule has 0 spiro atoms. The highest BCUT2D eigenvalue weighted by Gasteiger charge is 2.31. The third-order valence-corrected chi connectivity index (χ3v) is 7.42. The predicted molar refractivity (Wildman–Crippen MR) is 125 cm³/mol. The van der Waals surface area contributed by atoms with Crippen LogP contribution in [0.5, 0.6) is 11.5 Å². The fourth-order valence-electron chi connectivity index (χ4n) is 4.34. The first-order valence-corrected chi connectivity index (χ1v) is 11.2. The molecule has 0 saturated carbocycles. The summed E-state index contributed by atoms with van der Waals surface area (Å²) in [5.74, 6) is 1.40. The van der Waals surface area contributed by atoms with Crippen LogP contribution >= 0.6 is 22.9 Å². The van der Waals surface area contributed by atoms with E-state index in [4.69, 9.17) is 21.1 Å². The highest BCUT2D eigenvalue weighted by molar-refractivity contribution is 7.21. The van der Waals surface area contributed by atoms with E-state index >= 15 is 0 Å². The van der Waals surface area contributed by atoms with Crippen molar-refractivity contribution in [2.75, 3.05) is 20.8 Å². The Bertz CT molecular complexity index is 1330. The number of benzene rings is 2. The molecule has 31 heavy (non-hydrogen) atoms. The monoisotopic (exact) mass is 452 g/mol. The van der Waals surface area contributed by atoms with Gasteiger partial charge in [0.1, 0.15) is 5.15 Å². The summed E-state index contributed by atoms with van der Waals surface area (Å²) in [5, 5.41) is 2.27. The van der Waals surface area contributed by atoms with Crippen molar-refractivity contribution in [1.29, 1.82) is 0 Å². The van der Waals surface area contributed by atoms with Crippen molar-refractivity contribution in [3.05, 3.63) is 63.6 Å². The zero-order valence-corrected chi connectivity index (χ0v) is 19.0. The minimum absolute atomic E-state index is 0.00860. The molecule has 0 aliphatic carbocycles. The van der Waals surface area contributed by atoms with Crippen LogP contribution in [0.2, 0.25) is 5.15 Å². The largest absolute Gasteiger partial charge is 0.493 e. The second-order valence-electron chi connectivity index (χ2n) is 7.60. The van der Waals surface area contributed by atoms with Crippen LogP contribution in [-0.2, 0) is 6.42 Å². The smallest absolute Gasteiger partial charge is 0.264 e. The first kappa shape index (κ1) is 20.1. The highest BCUT2D eigenvalue weighted by atomic mass is 35.5. The number of para-hydroxylation sites is 1. The van der Waals surface area contributed by atoms with Crippen molar-refractivity contribution in [1.82, 2.24) is 9.88 Å². The summed E-state index contributed by atoms with van der Waals surface area (Å²) < 4.78 is 11.9. The second-order valence-corrected chi connectivity index (χ2v) is 9.01.